The Labute approximate surface area is 124 Å². The summed E-state index contributed by atoms with van der Waals surface area (Å²) in [4.78, 5) is 14.7. The Morgan fingerprint density at radius 3 is 2.90 bits per heavy atom. The summed E-state index contributed by atoms with van der Waals surface area (Å²) in [6.07, 6.45) is 4.55. The average Bonchev–Trinajstić information content (AvgIpc) is 3.10. The Bertz CT molecular complexity index is 511. The van der Waals surface area contributed by atoms with E-state index >= 15 is 0 Å². The van der Waals surface area contributed by atoms with Crippen molar-refractivity contribution in [1.82, 2.24) is 4.90 Å². The predicted octanol–water partition coefficient (Wildman–Crippen LogP) is 3.43. The Balaban J connectivity index is 1.79. The molecule has 0 spiro atoms. The van der Waals surface area contributed by atoms with Crippen LogP contribution in [-0.2, 0) is 4.74 Å². The van der Waals surface area contributed by atoms with Gasteiger partial charge in [0, 0.05) is 23.7 Å². The van der Waals surface area contributed by atoms with Crippen LogP contribution in [0.3, 0.4) is 0 Å². The minimum absolute atomic E-state index is 0.114. The van der Waals surface area contributed by atoms with E-state index in [-0.39, 0.29) is 18.1 Å². The second kappa shape index (κ2) is 5.74. The van der Waals surface area contributed by atoms with Crippen LogP contribution in [0.25, 0.3) is 0 Å². The van der Waals surface area contributed by atoms with Gasteiger partial charge < -0.3 is 9.64 Å². The highest BCUT2D eigenvalue weighted by molar-refractivity contribution is 6.31. The molecule has 2 atom stereocenters. The lowest BCUT2D eigenvalue weighted by Crippen LogP contribution is -2.42. The van der Waals surface area contributed by atoms with Crippen LogP contribution in [0.4, 0.5) is 0 Å². The molecule has 1 aromatic rings. The number of rotatable bonds is 2. The van der Waals surface area contributed by atoms with Gasteiger partial charge in [-0.1, -0.05) is 11.6 Å². The van der Waals surface area contributed by atoms with E-state index in [1.165, 1.54) is 0 Å². The maximum atomic E-state index is 12.7. The van der Waals surface area contributed by atoms with Crippen LogP contribution in [0.15, 0.2) is 18.2 Å². The minimum atomic E-state index is 0.114. The smallest absolute Gasteiger partial charge is 0.254 e. The van der Waals surface area contributed by atoms with Gasteiger partial charge in [0.25, 0.3) is 5.91 Å². The van der Waals surface area contributed by atoms with Crippen LogP contribution < -0.4 is 0 Å². The summed E-state index contributed by atoms with van der Waals surface area (Å²) in [6.45, 7) is 3.61. The number of halogens is 1. The number of carbonyl (C=O) groups excluding carboxylic acids is 1. The van der Waals surface area contributed by atoms with Crippen LogP contribution >= 0.6 is 11.6 Å². The molecule has 108 valence electrons. The molecule has 2 aliphatic heterocycles. The molecule has 20 heavy (non-hydrogen) atoms. The highest BCUT2D eigenvalue weighted by Gasteiger charge is 2.37. The number of ether oxygens (including phenoxy) is 1. The molecule has 2 aliphatic rings. The molecular weight excluding hydrogens is 274 g/mol. The van der Waals surface area contributed by atoms with E-state index in [1.54, 1.807) is 6.07 Å². The van der Waals surface area contributed by atoms with Crippen molar-refractivity contribution >= 4 is 17.5 Å². The molecule has 0 aliphatic carbocycles. The van der Waals surface area contributed by atoms with Crippen molar-refractivity contribution < 1.29 is 9.53 Å². The Morgan fingerprint density at radius 2 is 2.20 bits per heavy atom. The summed E-state index contributed by atoms with van der Waals surface area (Å²) >= 11 is 6.03. The first-order chi connectivity index (χ1) is 9.66. The van der Waals surface area contributed by atoms with E-state index in [0.717, 1.165) is 50.0 Å². The summed E-state index contributed by atoms with van der Waals surface area (Å²) in [5, 5.41) is 0.707. The molecule has 0 bridgehead atoms. The third-order valence-corrected chi connectivity index (χ3v) is 4.78. The van der Waals surface area contributed by atoms with Crippen LogP contribution in [0.5, 0.6) is 0 Å². The fourth-order valence-electron chi connectivity index (χ4n) is 3.28. The zero-order chi connectivity index (χ0) is 14.1. The SMILES string of the molecule is Cc1cc(C(=O)N2CCC[C@H]2[C@@H]2CCCO2)ccc1Cl. The number of aryl methyl sites for hydroxylation is 1. The molecule has 2 saturated heterocycles. The van der Waals surface area contributed by atoms with Crippen molar-refractivity contribution in [2.24, 2.45) is 0 Å². The summed E-state index contributed by atoms with van der Waals surface area (Å²) < 4.78 is 5.78. The number of hydrogen-bond acceptors (Lipinski definition) is 2. The van der Waals surface area contributed by atoms with Gasteiger partial charge in [-0.2, -0.15) is 0 Å². The van der Waals surface area contributed by atoms with Gasteiger partial charge >= 0.3 is 0 Å². The Kier molecular flexibility index (Phi) is 3.99. The third-order valence-electron chi connectivity index (χ3n) is 4.36. The van der Waals surface area contributed by atoms with Crippen molar-refractivity contribution in [3.63, 3.8) is 0 Å². The molecule has 0 radical (unpaired) electrons. The van der Waals surface area contributed by atoms with Crippen LogP contribution in [0.2, 0.25) is 5.02 Å². The quantitative estimate of drug-likeness (QED) is 0.836. The number of likely N-dealkylation sites (tertiary alicyclic amines) is 1. The Morgan fingerprint density at radius 1 is 1.35 bits per heavy atom. The molecule has 0 unspecified atom stereocenters. The van der Waals surface area contributed by atoms with Gasteiger partial charge in [0.1, 0.15) is 0 Å². The summed E-state index contributed by atoms with van der Waals surface area (Å²) in [5.74, 6) is 0.114. The number of hydrogen-bond donors (Lipinski definition) is 0. The summed E-state index contributed by atoms with van der Waals surface area (Å²) in [5.41, 5.74) is 1.68. The number of carbonyl (C=O) groups is 1. The largest absolute Gasteiger partial charge is 0.376 e. The Hall–Kier alpha value is -1.06. The molecule has 1 amide bonds. The second-order valence-electron chi connectivity index (χ2n) is 5.72. The molecule has 0 N–H and O–H groups in total. The van der Waals surface area contributed by atoms with Crippen molar-refractivity contribution in [3.05, 3.63) is 34.3 Å². The first-order valence-electron chi connectivity index (χ1n) is 7.35. The standard InChI is InChI=1S/C16H20ClNO2/c1-11-10-12(6-7-13(11)17)16(19)18-8-2-4-14(18)15-5-3-9-20-15/h6-7,10,14-15H,2-5,8-9H2,1H3/t14-,15-/m0/s1. The van der Waals surface area contributed by atoms with Crippen molar-refractivity contribution in [2.45, 2.75) is 44.8 Å². The van der Waals surface area contributed by atoms with E-state index < -0.39 is 0 Å². The van der Waals surface area contributed by atoms with E-state index in [9.17, 15) is 4.79 Å². The van der Waals surface area contributed by atoms with E-state index in [4.69, 9.17) is 16.3 Å². The zero-order valence-corrected chi connectivity index (χ0v) is 12.5. The highest BCUT2D eigenvalue weighted by Crippen LogP contribution is 2.29. The number of amides is 1. The topological polar surface area (TPSA) is 29.5 Å². The van der Waals surface area contributed by atoms with Gasteiger partial charge in [0.15, 0.2) is 0 Å². The number of nitrogens with zero attached hydrogens (tertiary/aromatic N) is 1. The monoisotopic (exact) mass is 293 g/mol. The van der Waals surface area contributed by atoms with E-state index in [2.05, 4.69) is 0 Å². The maximum Gasteiger partial charge on any atom is 0.254 e. The average molecular weight is 294 g/mol. The van der Waals surface area contributed by atoms with Crippen LogP contribution in [0, 0.1) is 6.92 Å². The highest BCUT2D eigenvalue weighted by atomic mass is 35.5. The lowest BCUT2D eigenvalue weighted by atomic mass is 10.0. The van der Waals surface area contributed by atoms with E-state index in [0.29, 0.717) is 5.02 Å². The van der Waals surface area contributed by atoms with Gasteiger partial charge in [-0.05, 0) is 56.4 Å². The molecule has 3 nitrogen and oxygen atoms in total. The molecular formula is C16H20ClNO2. The minimum Gasteiger partial charge on any atom is -0.376 e. The molecule has 0 aromatic heterocycles. The first kappa shape index (κ1) is 13.9. The van der Waals surface area contributed by atoms with Crippen molar-refractivity contribution in [3.8, 4) is 0 Å². The first-order valence-corrected chi connectivity index (χ1v) is 7.73. The van der Waals surface area contributed by atoms with Crippen molar-refractivity contribution in [1.29, 1.82) is 0 Å². The van der Waals surface area contributed by atoms with Crippen LogP contribution in [-0.4, -0.2) is 36.1 Å². The van der Waals surface area contributed by atoms with Gasteiger partial charge in [0.05, 0.1) is 12.1 Å². The molecule has 3 rings (SSSR count). The number of benzene rings is 1. The predicted molar refractivity (Wildman–Crippen MR) is 79.2 cm³/mol. The lowest BCUT2D eigenvalue weighted by molar-refractivity contribution is 0.0341. The molecule has 2 heterocycles. The molecule has 1 aromatic carbocycles. The summed E-state index contributed by atoms with van der Waals surface area (Å²) in [6, 6.07) is 5.76. The van der Waals surface area contributed by atoms with Crippen LogP contribution in [0.1, 0.15) is 41.6 Å². The third kappa shape index (κ3) is 2.57. The fraction of sp³-hybridized carbons (Fsp3) is 0.562. The molecule has 2 fully saturated rings. The van der Waals surface area contributed by atoms with E-state index in [1.807, 2.05) is 24.0 Å². The normalized spacial score (nSPS) is 26.2. The van der Waals surface area contributed by atoms with Gasteiger partial charge in [-0.25, -0.2) is 0 Å². The van der Waals surface area contributed by atoms with Gasteiger partial charge in [-0.3, -0.25) is 4.79 Å². The van der Waals surface area contributed by atoms with Crippen molar-refractivity contribution in [2.75, 3.05) is 13.2 Å². The molecule has 4 heteroatoms. The fourth-order valence-corrected chi connectivity index (χ4v) is 3.40. The maximum absolute atomic E-state index is 12.7. The second-order valence-corrected chi connectivity index (χ2v) is 6.13. The lowest BCUT2D eigenvalue weighted by Gasteiger charge is -2.29. The molecule has 0 saturated carbocycles. The van der Waals surface area contributed by atoms with Gasteiger partial charge in [0.2, 0.25) is 0 Å². The zero-order valence-electron chi connectivity index (χ0n) is 11.8. The summed E-state index contributed by atoms with van der Waals surface area (Å²) in [7, 11) is 0. The van der Waals surface area contributed by atoms with Gasteiger partial charge in [-0.15, -0.1) is 0 Å².